The summed E-state index contributed by atoms with van der Waals surface area (Å²) in [6, 6.07) is 5.95. The Labute approximate surface area is 115 Å². The first-order valence-electron chi connectivity index (χ1n) is 5.31. The van der Waals surface area contributed by atoms with Crippen LogP contribution in [0.3, 0.4) is 0 Å². The number of halogens is 2. The minimum Gasteiger partial charge on any atom is -0.313 e. The lowest BCUT2D eigenvalue weighted by molar-refractivity contribution is 0.648. The molecule has 0 aliphatic heterocycles. The average molecular weight is 323 g/mol. The first-order chi connectivity index (χ1) is 7.63. The van der Waals surface area contributed by atoms with Gasteiger partial charge in [-0.3, -0.25) is 0 Å². The second kappa shape index (κ2) is 7.59. The summed E-state index contributed by atoms with van der Waals surface area (Å²) in [5.74, 6) is 0. The van der Waals surface area contributed by atoms with E-state index in [-0.39, 0.29) is 0 Å². The minimum absolute atomic E-state index is 0.713. The molecule has 1 nitrogen and oxygen atoms in total. The second-order valence-electron chi connectivity index (χ2n) is 3.75. The first-order valence-corrected chi connectivity index (χ1v) is 7.77. The highest BCUT2D eigenvalue weighted by molar-refractivity contribution is 9.10. The van der Waals surface area contributed by atoms with Gasteiger partial charge in [-0.25, -0.2) is 0 Å². The van der Waals surface area contributed by atoms with Gasteiger partial charge in [0, 0.05) is 21.3 Å². The van der Waals surface area contributed by atoms with Crippen LogP contribution in [0.4, 0.5) is 0 Å². The number of thioether (sulfide) groups is 1. The van der Waals surface area contributed by atoms with Crippen LogP contribution in [0, 0.1) is 0 Å². The van der Waals surface area contributed by atoms with Crippen molar-refractivity contribution in [2.75, 3.05) is 12.8 Å². The van der Waals surface area contributed by atoms with Crippen molar-refractivity contribution in [1.82, 2.24) is 5.32 Å². The van der Waals surface area contributed by atoms with E-state index in [4.69, 9.17) is 11.6 Å². The Morgan fingerprint density at radius 2 is 2.25 bits per heavy atom. The molecule has 0 saturated heterocycles. The molecule has 0 heterocycles. The van der Waals surface area contributed by atoms with Crippen molar-refractivity contribution in [3.63, 3.8) is 0 Å². The monoisotopic (exact) mass is 321 g/mol. The Bertz CT molecular complexity index is 333. The van der Waals surface area contributed by atoms with E-state index in [1.165, 1.54) is 6.42 Å². The molecule has 0 saturated carbocycles. The fraction of sp³-hybridized carbons (Fsp3) is 0.500. The number of benzene rings is 1. The molecule has 1 atom stereocenters. The largest absolute Gasteiger partial charge is 0.313 e. The van der Waals surface area contributed by atoms with E-state index in [0.29, 0.717) is 5.25 Å². The molecule has 0 fully saturated rings. The highest BCUT2D eigenvalue weighted by Crippen LogP contribution is 2.20. The van der Waals surface area contributed by atoms with Gasteiger partial charge in [0.2, 0.25) is 0 Å². The molecule has 0 aromatic heterocycles. The third-order valence-electron chi connectivity index (χ3n) is 2.45. The van der Waals surface area contributed by atoms with Gasteiger partial charge in [-0.2, -0.15) is 11.8 Å². The molecule has 1 aromatic rings. The summed E-state index contributed by atoms with van der Waals surface area (Å²) in [6.07, 6.45) is 3.34. The van der Waals surface area contributed by atoms with Gasteiger partial charge in [-0.05, 0) is 43.0 Å². The molecular weight excluding hydrogens is 306 g/mol. The van der Waals surface area contributed by atoms with Gasteiger partial charge in [-0.1, -0.05) is 34.5 Å². The third-order valence-corrected chi connectivity index (χ3v) is 4.36. The Kier molecular flexibility index (Phi) is 6.81. The van der Waals surface area contributed by atoms with Crippen molar-refractivity contribution >= 4 is 39.3 Å². The summed E-state index contributed by atoms with van der Waals surface area (Å²) < 4.78 is 1.08. The number of nitrogens with one attached hydrogen (secondary N) is 1. The van der Waals surface area contributed by atoms with Crippen molar-refractivity contribution < 1.29 is 0 Å². The van der Waals surface area contributed by atoms with Crippen molar-refractivity contribution in [2.24, 2.45) is 0 Å². The topological polar surface area (TPSA) is 12.0 Å². The Hall–Kier alpha value is 0.300. The van der Waals surface area contributed by atoms with Gasteiger partial charge in [0.15, 0.2) is 0 Å². The second-order valence-corrected chi connectivity index (χ2v) is 6.35. The fourth-order valence-electron chi connectivity index (χ4n) is 1.33. The van der Waals surface area contributed by atoms with Gasteiger partial charge in [-0.15, -0.1) is 0 Å². The van der Waals surface area contributed by atoms with Crippen LogP contribution in [0.5, 0.6) is 0 Å². The fourth-order valence-corrected chi connectivity index (χ4v) is 2.27. The van der Waals surface area contributed by atoms with E-state index in [9.17, 15) is 0 Å². The first kappa shape index (κ1) is 14.4. The van der Waals surface area contributed by atoms with Crippen molar-refractivity contribution in [2.45, 2.75) is 25.1 Å². The van der Waals surface area contributed by atoms with E-state index in [2.05, 4.69) is 40.5 Å². The minimum atomic E-state index is 0.713. The molecule has 4 heteroatoms. The molecule has 1 unspecified atom stereocenters. The van der Waals surface area contributed by atoms with Crippen molar-refractivity contribution in [3.05, 3.63) is 33.3 Å². The van der Waals surface area contributed by atoms with Crippen LogP contribution < -0.4 is 5.32 Å². The highest BCUT2D eigenvalue weighted by Gasteiger charge is 2.02. The molecule has 0 spiro atoms. The summed E-state index contributed by atoms with van der Waals surface area (Å²) >= 11 is 11.5. The molecule has 1 aromatic carbocycles. The SMILES string of the molecule is CSC(C)CCNCc1cc(Br)ccc1Cl. The Morgan fingerprint density at radius 1 is 1.50 bits per heavy atom. The molecule has 16 heavy (non-hydrogen) atoms. The normalized spacial score (nSPS) is 12.8. The van der Waals surface area contributed by atoms with E-state index < -0.39 is 0 Å². The van der Waals surface area contributed by atoms with E-state index in [0.717, 1.165) is 28.1 Å². The van der Waals surface area contributed by atoms with Crippen LogP contribution in [-0.2, 0) is 6.54 Å². The smallest absolute Gasteiger partial charge is 0.0451 e. The molecule has 90 valence electrons. The zero-order valence-electron chi connectivity index (χ0n) is 9.59. The molecule has 0 aliphatic rings. The van der Waals surface area contributed by atoms with Crippen LogP contribution in [0.15, 0.2) is 22.7 Å². The van der Waals surface area contributed by atoms with Gasteiger partial charge < -0.3 is 5.32 Å². The maximum absolute atomic E-state index is 6.10. The van der Waals surface area contributed by atoms with E-state index >= 15 is 0 Å². The lowest BCUT2D eigenvalue weighted by atomic mass is 10.2. The highest BCUT2D eigenvalue weighted by atomic mass is 79.9. The quantitative estimate of drug-likeness (QED) is 0.782. The number of rotatable bonds is 6. The molecule has 1 rings (SSSR count). The van der Waals surface area contributed by atoms with Crippen LogP contribution >= 0.6 is 39.3 Å². The molecule has 0 radical (unpaired) electrons. The van der Waals surface area contributed by atoms with Crippen LogP contribution in [0.1, 0.15) is 18.9 Å². The van der Waals surface area contributed by atoms with Crippen LogP contribution in [0.25, 0.3) is 0 Å². The Balaban J connectivity index is 2.34. The predicted molar refractivity (Wildman–Crippen MR) is 78.5 cm³/mol. The van der Waals surface area contributed by atoms with Crippen molar-refractivity contribution in [3.8, 4) is 0 Å². The molecular formula is C12H17BrClNS. The molecule has 1 N–H and O–H groups in total. The maximum Gasteiger partial charge on any atom is 0.0451 e. The van der Waals surface area contributed by atoms with E-state index in [1.807, 2.05) is 23.9 Å². The van der Waals surface area contributed by atoms with Crippen LogP contribution in [0.2, 0.25) is 5.02 Å². The maximum atomic E-state index is 6.10. The van der Waals surface area contributed by atoms with Crippen LogP contribution in [-0.4, -0.2) is 18.1 Å². The molecule has 0 bridgehead atoms. The Morgan fingerprint density at radius 3 is 2.94 bits per heavy atom. The summed E-state index contributed by atoms with van der Waals surface area (Å²) in [4.78, 5) is 0. The van der Waals surface area contributed by atoms with Crippen molar-refractivity contribution in [1.29, 1.82) is 0 Å². The van der Waals surface area contributed by atoms with E-state index in [1.54, 1.807) is 0 Å². The average Bonchev–Trinajstić information content (AvgIpc) is 2.28. The van der Waals surface area contributed by atoms with Gasteiger partial charge in [0.05, 0.1) is 0 Å². The van der Waals surface area contributed by atoms with Gasteiger partial charge in [0.25, 0.3) is 0 Å². The zero-order valence-corrected chi connectivity index (χ0v) is 12.8. The lowest BCUT2D eigenvalue weighted by Crippen LogP contribution is -2.17. The summed E-state index contributed by atoms with van der Waals surface area (Å²) in [6.45, 7) is 4.11. The summed E-state index contributed by atoms with van der Waals surface area (Å²) in [7, 11) is 0. The summed E-state index contributed by atoms with van der Waals surface area (Å²) in [5, 5.41) is 4.96. The molecule has 0 aliphatic carbocycles. The zero-order chi connectivity index (χ0) is 12.0. The number of hydrogen-bond acceptors (Lipinski definition) is 2. The number of hydrogen-bond donors (Lipinski definition) is 1. The summed E-state index contributed by atoms with van der Waals surface area (Å²) in [5.41, 5.74) is 1.15. The van der Waals surface area contributed by atoms with Gasteiger partial charge in [0.1, 0.15) is 0 Å². The standard InChI is InChI=1S/C12H17BrClNS/c1-9(16-2)5-6-15-8-10-7-11(13)3-4-12(10)14/h3-4,7,9,15H,5-6,8H2,1-2H3. The predicted octanol–water partition coefficient (Wildman–Crippen LogP) is 4.33. The van der Waals surface area contributed by atoms with Gasteiger partial charge >= 0.3 is 0 Å². The lowest BCUT2D eigenvalue weighted by Gasteiger charge is -2.10. The third kappa shape index (κ3) is 5.09. The molecule has 0 amide bonds.